The average Bonchev–Trinajstić information content (AvgIpc) is 2.43. The van der Waals surface area contributed by atoms with E-state index >= 15 is 0 Å². The van der Waals surface area contributed by atoms with Gasteiger partial charge in [0.2, 0.25) is 0 Å². The van der Waals surface area contributed by atoms with E-state index in [1.165, 1.54) is 0 Å². The molecule has 0 saturated heterocycles. The Hall–Kier alpha value is -1.61. The summed E-state index contributed by atoms with van der Waals surface area (Å²) < 4.78 is 0. The number of rotatable bonds is 4. The molecule has 0 bridgehead atoms. The highest BCUT2D eigenvalue weighted by Gasteiger charge is 2.19. The van der Waals surface area contributed by atoms with Crippen LogP contribution in [-0.2, 0) is 0 Å². The number of amides is 1. The van der Waals surface area contributed by atoms with Crippen molar-refractivity contribution in [2.24, 2.45) is 0 Å². The number of aromatic nitrogens is 1. The first kappa shape index (κ1) is 13.8. The van der Waals surface area contributed by atoms with Crippen molar-refractivity contribution in [3.63, 3.8) is 0 Å². The van der Waals surface area contributed by atoms with Crippen LogP contribution in [-0.4, -0.2) is 34.3 Å². The minimum absolute atomic E-state index is 0.00856. The molecule has 100 valence electrons. The van der Waals surface area contributed by atoms with E-state index in [1.54, 1.807) is 11.1 Å². The molecule has 2 aromatic rings. The Morgan fingerprint density at radius 2 is 2.11 bits per heavy atom. The van der Waals surface area contributed by atoms with Crippen molar-refractivity contribution < 1.29 is 4.79 Å². The molecule has 0 fully saturated rings. The summed E-state index contributed by atoms with van der Waals surface area (Å²) >= 11 is 5.78. The maximum absolute atomic E-state index is 12.6. The molecular formula is C15H17ClN2O. The number of carbonyl (C=O) groups excluding carboxylic acids is 1. The van der Waals surface area contributed by atoms with Gasteiger partial charge in [0.15, 0.2) is 0 Å². The fraction of sp³-hybridized carbons (Fsp3) is 0.333. The maximum atomic E-state index is 12.6. The van der Waals surface area contributed by atoms with Gasteiger partial charge in [-0.2, -0.15) is 0 Å². The van der Waals surface area contributed by atoms with Crippen LogP contribution in [0.25, 0.3) is 10.9 Å². The lowest BCUT2D eigenvalue weighted by Crippen LogP contribution is -2.38. The van der Waals surface area contributed by atoms with Gasteiger partial charge in [0, 0.05) is 35.6 Å². The lowest BCUT2D eigenvalue weighted by molar-refractivity contribution is 0.0720. The van der Waals surface area contributed by atoms with Crippen LogP contribution in [0.15, 0.2) is 36.5 Å². The summed E-state index contributed by atoms with van der Waals surface area (Å²) in [5, 5.41) is 0.884. The minimum Gasteiger partial charge on any atom is -0.335 e. The largest absolute Gasteiger partial charge is 0.335 e. The van der Waals surface area contributed by atoms with E-state index in [0.717, 1.165) is 10.9 Å². The molecule has 1 aromatic carbocycles. The molecule has 4 heteroatoms. The predicted octanol–water partition coefficient (Wildman–Crippen LogP) is 3.32. The molecular weight excluding hydrogens is 260 g/mol. The van der Waals surface area contributed by atoms with Gasteiger partial charge in [0.05, 0.1) is 5.52 Å². The van der Waals surface area contributed by atoms with Crippen molar-refractivity contribution in [2.75, 3.05) is 12.4 Å². The van der Waals surface area contributed by atoms with Crippen LogP contribution in [0.3, 0.4) is 0 Å². The first-order valence-corrected chi connectivity index (χ1v) is 6.89. The number of fused-ring (bicyclic) bond motifs is 1. The van der Waals surface area contributed by atoms with Gasteiger partial charge in [-0.1, -0.05) is 12.1 Å². The van der Waals surface area contributed by atoms with E-state index in [4.69, 9.17) is 11.6 Å². The van der Waals surface area contributed by atoms with Gasteiger partial charge in [0.1, 0.15) is 0 Å². The first-order valence-electron chi connectivity index (χ1n) is 6.36. The van der Waals surface area contributed by atoms with Gasteiger partial charge in [0.25, 0.3) is 5.91 Å². The van der Waals surface area contributed by atoms with E-state index in [-0.39, 0.29) is 11.9 Å². The van der Waals surface area contributed by atoms with Gasteiger partial charge in [-0.05, 0) is 32.0 Å². The summed E-state index contributed by atoms with van der Waals surface area (Å²) in [5.74, 6) is 0.446. The molecule has 0 atom stereocenters. The second-order valence-electron chi connectivity index (χ2n) is 4.66. The van der Waals surface area contributed by atoms with E-state index < -0.39 is 0 Å². The van der Waals surface area contributed by atoms with Crippen LogP contribution in [0.4, 0.5) is 0 Å². The number of alkyl halides is 1. The third-order valence-electron chi connectivity index (χ3n) is 3.09. The highest BCUT2D eigenvalue weighted by atomic mass is 35.5. The van der Waals surface area contributed by atoms with Crippen LogP contribution >= 0.6 is 11.6 Å². The van der Waals surface area contributed by atoms with Crippen LogP contribution in [0, 0.1) is 0 Å². The van der Waals surface area contributed by atoms with Crippen molar-refractivity contribution in [1.29, 1.82) is 0 Å². The predicted molar refractivity (Wildman–Crippen MR) is 78.6 cm³/mol. The number of hydrogen-bond donors (Lipinski definition) is 0. The van der Waals surface area contributed by atoms with Gasteiger partial charge in [-0.25, -0.2) is 0 Å². The number of pyridine rings is 1. The smallest absolute Gasteiger partial charge is 0.254 e. The van der Waals surface area contributed by atoms with Crippen molar-refractivity contribution in [2.45, 2.75) is 19.9 Å². The SMILES string of the molecule is CC(C)N(CCCl)C(=O)c1cccc2ncccc12. The second kappa shape index (κ2) is 6.02. The fourth-order valence-corrected chi connectivity index (χ4v) is 2.31. The maximum Gasteiger partial charge on any atom is 0.254 e. The topological polar surface area (TPSA) is 33.2 Å². The molecule has 19 heavy (non-hydrogen) atoms. The van der Waals surface area contributed by atoms with E-state index in [9.17, 15) is 4.79 Å². The molecule has 0 saturated carbocycles. The molecule has 0 N–H and O–H groups in total. The monoisotopic (exact) mass is 276 g/mol. The Kier molecular flexibility index (Phi) is 4.38. The third kappa shape index (κ3) is 2.87. The standard InChI is InChI=1S/C15H17ClN2O/c1-11(2)18(10-8-16)15(19)13-5-3-7-14-12(13)6-4-9-17-14/h3-7,9,11H,8,10H2,1-2H3. The van der Waals surface area contributed by atoms with Crippen LogP contribution in [0.2, 0.25) is 0 Å². The third-order valence-corrected chi connectivity index (χ3v) is 3.25. The Morgan fingerprint density at radius 1 is 1.32 bits per heavy atom. The minimum atomic E-state index is 0.00856. The second-order valence-corrected chi connectivity index (χ2v) is 5.03. The Balaban J connectivity index is 2.45. The lowest BCUT2D eigenvalue weighted by atomic mass is 10.1. The van der Waals surface area contributed by atoms with Crippen LogP contribution in [0.1, 0.15) is 24.2 Å². The lowest BCUT2D eigenvalue weighted by Gasteiger charge is -2.26. The van der Waals surface area contributed by atoms with E-state index in [1.807, 2.05) is 44.2 Å². The molecule has 0 unspecified atom stereocenters. The van der Waals surface area contributed by atoms with Crippen molar-refractivity contribution in [3.05, 3.63) is 42.1 Å². The van der Waals surface area contributed by atoms with E-state index in [0.29, 0.717) is 18.0 Å². The Morgan fingerprint density at radius 3 is 2.79 bits per heavy atom. The number of benzene rings is 1. The summed E-state index contributed by atoms with van der Waals surface area (Å²) in [7, 11) is 0. The summed E-state index contributed by atoms with van der Waals surface area (Å²) in [6.45, 7) is 4.54. The number of hydrogen-bond acceptors (Lipinski definition) is 2. The molecule has 2 rings (SSSR count). The van der Waals surface area contributed by atoms with Crippen LogP contribution < -0.4 is 0 Å². The average molecular weight is 277 g/mol. The van der Waals surface area contributed by atoms with Gasteiger partial charge >= 0.3 is 0 Å². The molecule has 0 aliphatic rings. The molecule has 0 aliphatic heterocycles. The summed E-state index contributed by atoms with van der Waals surface area (Å²) in [6, 6.07) is 9.51. The van der Waals surface area contributed by atoms with Crippen LogP contribution in [0.5, 0.6) is 0 Å². The molecule has 0 aliphatic carbocycles. The molecule has 1 heterocycles. The molecule has 1 amide bonds. The number of carbonyl (C=O) groups is 1. The molecule has 3 nitrogen and oxygen atoms in total. The quantitative estimate of drug-likeness (QED) is 0.803. The van der Waals surface area contributed by atoms with Gasteiger partial charge < -0.3 is 4.90 Å². The van der Waals surface area contributed by atoms with Gasteiger partial charge in [-0.15, -0.1) is 11.6 Å². The summed E-state index contributed by atoms with van der Waals surface area (Å²) in [5.41, 5.74) is 1.52. The van der Waals surface area contributed by atoms with Crippen molar-refractivity contribution in [1.82, 2.24) is 9.88 Å². The zero-order valence-corrected chi connectivity index (χ0v) is 11.9. The van der Waals surface area contributed by atoms with Crippen molar-refractivity contribution in [3.8, 4) is 0 Å². The highest BCUT2D eigenvalue weighted by Crippen LogP contribution is 2.19. The number of halogens is 1. The number of nitrogens with zero attached hydrogens (tertiary/aromatic N) is 2. The molecule has 1 aromatic heterocycles. The van der Waals surface area contributed by atoms with Gasteiger partial charge in [-0.3, -0.25) is 9.78 Å². The zero-order valence-electron chi connectivity index (χ0n) is 11.1. The Bertz CT molecular complexity index is 578. The molecule has 0 radical (unpaired) electrons. The Labute approximate surface area is 118 Å². The van der Waals surface area contributed by atoms with Crippen molar-refractivity contribution >= 4 is 28.4 Å². The van der Waals surface area contributed by atoms with E-state index in [2.05, 4.69) is 4.98 Å². The highest BCUT2D eigenvalue weighted by molar-refractivity contribution is 6.18. The summed E-state index contributed by atoms with van der Waals surface area (Å²) in [4.78, 5) is 18.7. The molecule has 0 spiro atoms. The fourth-order valence-electron chi connectivity index (χ4n) is 2.13. The summed E-state index contributed by atoms with van der Waals surface area (Å²) in [6.07, 6.45) is 1.73. The normalized spacial score (nSPS) is 10.9. The zero-order chi connectivity index (χ0) is 13.8. The first-order chi connectivity index (χ1) is 9.15.